The minimum atomic E-state index is -2.33. The number of rotatable bonds is 22. The first-order valence-corrected chi connectivity index (χ1v) is 23.5. The van der Waals surface area contributed by atoms with E-state index < -0.39 is 17.1 Å². The molecular weight excluding hydrogens is 665 g/mol. The SMILES string of the molecule is CO[Si](C)(CCCCCCCOc1cc(=O)sc2ccccc12)O[Si](C)(CCCCCCCOc1cc(=O)sc2ccccc12)OC. The maximum absolute atomic E-state index is 12.0. The van der Waals surface area contributed by atoms with Crippen LogP contribution >= 0.6 is 22.7 Å². The Balaban J connectivity index is 1.07. The van der Waals surface area contributed by atoms with Gasteiger partial charge >= 0.3 is 17.1 Å². The third-order valence-electron chi connectivity index (χ3n) is 8.59. The van der Waals surface area contributed by atoms with Gasteiger partial charge in [-0.05, 0) is 62.3 Å². The molecule has 0 radical (unpaired) electrons. The van der Waals surface area contributed by atoms with Crippen LogP contribution in [0.2, 0.25) is 25.2 Å². The molecule has 0 saturated heterocycles. The number of unbranched alkanes of at least 4 members (excludes halogenated alkanes) is 8. The van der Waals surface area contributed by atoms with Gasteiger partial charge in [0.05, 0.1) is 13.2 Å². The van der Waals surface area contributed by atoms with Crippen LogP contribution in [0.5, 0.6) is 11.5 Å². The van der Waals surface area contributed by atoms with Gasteiger partial charge in [0.25, 0.3) is 0 Å². The number of ether oxygens (including phenoxy) is 2. The number of hydrogen-bond donors (Lipinski definition) is 0. The highest BCUT2D eigenvalue weighted by Gasteiger charge is 2.41. The molecule has 2 atom stereocenters. The Morgan fingerprint density at radius 3 is 1.36 bits per heavy atom. The van der Waals surface area contributed by atoms with Crippen molar-refractivity contribution >= 4 is 60.0 Å². The van der Waals surface area contributed by atoms with E-state index in [1.165, 1.54) is 22.7 Å². The zero-order valence-electron chi connectivity index (χ0n) is 28.3. The predicted octanol–water partition coefficient (Wildman–Crippen LogP) is 9.65. The van der Waals surface area contributed by atoms with Gasteiger partial charge in [-0.3, -0.25) is 9.59 Å². The highest BCUT2D eigenvalue weighted by molar-refractivity contribution is 7.16. The molecule has 4 aromatic rings. The second-order valence-corrected chi connectivity index (χ2v) is 21.6. The Bertz CT molecular complexity index is 1540. The molecule has 2 heterocycles. The van der Waals surface area contributed by atoms with E-state index in [0.29, 0.717) is 24.7 Å². The lowest BCUT2D eigenvalue weighted by molar-refractivity contribution is 0.238. The standard InChI is InChI=1S/C36H50O7S2Si2/c1-39-46(3,25-17-9-5-7-15-23-41-31-27-35(37)44-33-21-13-11-19-29(31)33)43-47(4,40-2)26-18-10-6-8-16-24-42-32-28-36(38)45-34-22-14-12-20-30(32)34/h11-14,19-22,27-28H,5-10,15-18,23-26H2,1-4H3. The molecule has 0 N–H and O–H groups in total. The largest absolute Gasteiger partial charge is 0.493 e. The Morgan fingerprint density at radius 2 is 0.936 bits per heavy atom. The van der Waals surface area contributed by atoms with Crippen molar-refractivity contribution < 1.29 is 22.4 Å². The fourth-order valence-corrected chi connectivity index (χ4v) is 14.7. The first-order valence-electron chi connectivity index (χ1n) is 16.9. The van der Waals surface area contributed by atoms with Gasteiger partial charge in [0, 0.05) is 46.5 Å². The molecule has 0 amide bonds. The molecular formula is C36H50O7S2Si2. The van der Waals surface area contributed by atoms with Gasteiger partial charge < -0.3 is 22.4 Å². The van der Waals surface area contributed by atoms with Gasteiger partial charge in [0.15, 0.2) is 0 Å². The van der Waals surface area contributed by atoms with Crippen LogP contribution in [0.1, 0.15) is 64.2 Å². The molecule has 0 aliphatic rings. The molecule has 0 spiro atoms. The molecule has 2 aromatic carbocycles. The van der Waals surface area contributed by atoms with Crippen molar-refractivity contribution in [3.05, 3.63) is 79.7 Å². The van der Waals surface area contributed by atoms with Crippen molar-refractivity contribution in [3.63, 3.8) is 0 Å². The van der Waals surface area contributed by atoms with Gasteiger partial charge in [0.1, 0.15) is 11.5 Å². The summed E-state index contributed by atoms with van der Waals surface area (Å²) in [4.78, 5) is 24.0. The molecule has 2 unspecified atom stereocenters. The highest BCUT2D eigenvalue weighted by Crippen LogP contribution is 2.29. The van der Waals surface area contributed by atoms with Crippen LogP contribution < -0.4 is 19.0 Å². The van der Waals surface area contributed by atoms with E-state index >= 15 is 0 Å². The van der Waals surface area contributed by atoms with Crippen LogP contribution in [0.15, 0.2) is 70.3 Å². The van der Waals surface area contributed by atoms with Crippen molar-refractivity contribution in [2.24, 2.45) is 0 Å². The summed E-state index contributed by atoms with van der Waals surface area (Å²) in [5, 5.41) is 2.01. The Morgan fingerprint density at radius 1 is 0.553 bits per heavy atom. The molecule has 0 aliphatic heterocycles. The Labute approximate surface area is 289 Å². The number of fused-ring (bicyclic) bond motifs is 2. The quantitative estimate of drug-likeness (QED) is 0.0593. The molecule has 256 valence electrons. The van der Waals surface area contributed by atoms with Gasteiger partial charge in [-0.2, -0.15) is 0 Å². The van der Waals surface area contributed by atoms with Gasteiger partial charge in [-0.25, -0.2) is 0 Å². The summed E-state index contributed by atoms with van der Waals surface area (Å²) in [5.74, 6) is 1.38. The van der Waals surface area contributed by atoms with E-state index in [1.807, 2.05) is 48.5 Å². The molecule has 2 aromatic heterocycles. The summed E-state index contributed by atoms with van der Waals surface area (Å²) in [6, 6.07) is 20.9. The molecule has 4 rings (SSSR count). The van der Waals surface area contributed by atoms with E-state index in [0.717, 1.165) is 96.5 Å². The lowest BCUT2D eigenvalue weighted by Gasteiger charge is -2.35. The first-order chi connectivity index (χ1) is 22.7. The summed E-state index contributed by atoms with van der Waals surface area (Å²) in [5.41, 5.74) is 0. The Kier molecular flexibility index (Phi) is 15.1. The molecule has 0 saturated carbocycles. The maximum atomic E-state index is 12.0. The smallest absolute Gasteiger partial charge is 0.325 e. The predicted molar refractivity (Wildman–Crippen MR) is 201 cm³/mol. The average molecular weight is 715 g/mol. The average Bonchev–Trinajstić information content (AvgIpc) is 3.06. The topological polar surface area (TPSA) is 80.3 Å². The summed E-state index contributed by atoms with van der Waals surface area (Å²) >= 11 is 2.51. The fourth-order valence-electron chi connectivity index (χ4n) is 5.77. The van der Waals surface area contributed by atoms with E-state index in [9.17, 15) is 9.59 Å². The highest BCUT2D eigenvalue weighted by atomic mass is 32.1. The second kappa shape index (κ2) is 19.0. The molecule has 47 heavy (non-hydrogen) atoms. The van der Waals surface area contributed by atoms with Gasteiger partial charge in [0.2, 0.25) is 9.48 Å². The van der Waals surface area contributed by atoms with Crippen LogP contribution in [0.3, 0.4) is 0 Å². The minimum absolute atomic E-state index is 0.0241. The van der Waals surface area contributed by atoms with E-state index in [2.05, 4.69) is 13.1 Å². The molecule has 0 aliphatic carbocycles. The Hall–Kier alpha value is -2.39. The van der Waals surface area contributed by atoms with Crippen molar-refractivity contribution in [3.8, 4) is 11.5 Å². The lowest BCUT2D eigenvalue weighted by Crippen LogP contribution is -2.51. The first kappa shape index (κ1) is 37.4. The monoisotopic (exact) mass is 714 g/mol. The van der Waals surface area contributed by atoms with Crippen molar-refractivity contribution in [2.45, 2.75) is 89.4 Å². The molecule has 0 fully saturated rings. The van der Waals surface area contributed by atoms with Crippen molar-refractivity contribution in [2.75, 3.05) is 27.4 Å². The third-order valence-corrected chi connectivity index (χ3v) is 18.1. The maximum Gasteiger partial charge on any atom is 0.325 e. The van der Waals surface area contributed by atoms with Crippen LogP contribution in [0, 0.1) is 0 Å². The zero-order chi connectivity index (χ0) is 33.5. The minimum Gasteiger partial charge on any atom is -0.493 e. The third kappa shape index (κ3) is 11.9. The summed E-state index contributed by atoms with van der Waals surface area (Å²) in [6.07, 6.45) is 10.8. The molecule has 0 bridgehead atoms. The number of benzene rings is 2. The summed E-state index contributed by atoms with van der Waals surface area (Å²) in [7, 11) is -1.08. The number of hydrogen-bond acceptors (Lipinski definition) is 9. The summed E-state index contributed by atoms with van der Waals surface area (Å²) < 4.78 is 32.7. The second-order valence-electron chi connectivity index (χ2n) is 12.4. The van der Waals surface area contributed by atoms with Crippen LogP contribution in [0.25, 0.3) is 20.2 Å². The van der Waals surface area contributed by atoms with E-state index in [-0.39, 0.29) is 9.48 Å². The van der Waals surface area contributed by atoms with Crippen molar-refractivity contribution in [1.82, 2.24) is 0 Å². The normalized spacial score (nSPS) is 14.2. The van der Waals surface area contributed by atoms with Gasteiger partial charge in [-0.15, -0.1) is 0 Å². The fraction of sp³-hybridized carbons (Fsp3) is 0.500. The zero-order valence-corrected chi connectivity index (χ0v) is 32.0. The van der Waals surface area contributed by atoms with E-state index in [1.54, 1.807) is 26.4 Å². The van der Waals surface area contributed by atoms with E-state index in [4.69, 9.17) is 22.4 Å². The molecule has 7 nitrogen and oxygen atoms in total. The van der Waals surface area contributed by atoms with Crippen LogP contribution in [-0.2, 0) is 13.0 Å². The summed E-state index contributed by atoms with van der Waals surface area (Å²) in [6.45, 7) is 5.58. The van der Waals surface area contributed by atoms with Crippen molar-refractivity contribution in [1.29, 1.82) is 0 Å². The van der Waals surface area contributed by atoms with Gasteiger partial charge in [-0.1, -0.05) is 98.3 Å². The molecule has 11 heteroatoms. The van der Waals surface area contributed by atoms with Crippen LogP contribution in [0.4, 0.5) is 0 Å². The van der Waals surface area contributed by atoms with Crippen LogP contribution in [-0.4, -0.2) is 44.6 Å². The lowest BCUT2D eigenvalue weighted by atomic mass is 10.2.